The van der Waals surface area contributed by atoms with Crippen molar-refractivity contribution in [3.8, 4) is 44.5 Å². The van der Waals surface area contributed by atoms with E-state index < -0.39 is 0 Å². The molecule has 0 aromatic heterocycles. The zero-order chi connectivity index (χ0) is 62.5. The molecule has 3 saturated carbocycles. The van der Waals surface area contributed by atoms with Gasteiger partial charge in [0, 0.05) is 50.4 Å². The lowest BCUT2D eigenvalue weighted by atomic mass is 9.61. The van der Waals surface area contributed by atoms with E-state index in [0.29, 0.717) is 0 Å². The van der Waals surface area contributed by atoms with Crippen LogP contribution in [0.15, 0.2) is 176 Å². The van der Waals surface area contributed by atoms with Crippen LogP contribution in [0.3, 0.4) is 0 Å². The Kier molecular flexibility index (Phi) is 12.3. The lowest BCUT2D eigenvalue weighted by Gasteiger charge is -2.50. The quantitative estimate of drug-likeness (QED) is 0.147. The van der Waals surface area contributed by atoms with Crippen molar-refractivity contribution in [2.45, 2.75) is 193 Å². The fourth-order valence-corrected chi connectivity index (χ4v) is 20.7. The molecule has 0 saturated heterocycles. The van der Waals surface area contributed by atoms with E-state index in [0.717, 1.165) is 0 Å². The van der Waals surface area contributed by atoms with Crippen LogP contribution in [-0.4, -0.2) is 16.6 Å². The van der Waals surface area contributed by atoms with Crippen LogP contribution in [0.5, 0.6) is 0 Å². The van der Waals surface area contributed by atoms with Gasteiger partial charge in [-0.1, -0.05) is 168 Å². The van der Waals surface area contributed by atoms with Gasteiger partial charge in [0.15, 0.2) is 0 Å². The lowest BCUT2D eigenvalue weighted by Crippen LogP contribution is -2.54. The van der Waals surface area contributed by atoms with Crippen molar-refractivity contribution in [3.63, 3.8) is 0 Å². The van der Waals surface area contributed by atoms with Crippen molar-refractivity contribution >= 4 is 66.4 Å². The molecule has 0 amide bonds. The second-order valence-corrected chi connectivity index (χ2v) is 30.5. The average molecular weight is 1190 g/mol. The smallest absolute Gasteiger partial charge is 0.0518 e. The normalized spacial score (nSPS) is 25.7. The van der Waals surface area contributed by atoms with E-state index in [4.69, 9.17) is 0 Å². The summed E-state index contributed by atoms with van der Waals surface area (Å²) in [5.74, 6) is 0. The number of hydrogen-bond donors (Lipinski definition) is 0. The summed E-state index contributed by atoms with van der Waals surface area (Å²) < 4.78 is 0. The van der Waals surface area contributed by atoms with Crippen molar-refractivity contribution in [3.05, 3.63) is 226 Å². The molecular formula is C88H89N3. The molecule has 0 N–H and O–H groups in total. The molecule has 3 fully saturated rings. The highest BCUT2D eigenvalue weighted by Crippen LogP contribution is 2.67. The Morgan fingerprint density at radius 2 is 0.527 bits per heavy atom. The number of hydrogen-bond acceptors (Lipinski definition) is 3. The highest BCUT2D eigenvalue weighted by atomic mass is 15.3. The standard InChI is InChI=1S/C88H89N3/c1-54-57(4)80-75(83(7)43-25-28-46-86(83,10)89(80)61-33-19-14-20-34-61)51-68(54)72-49-71(60-31-17-13-18-32-60)64-39-40-66-73(69-52-76-81(58(5)55(69)2)90(62-35-21-15-22-36-62)87(11)47-29-26-44-84(76,87)8)50-74(67-42-41-65(72)78(64)79(66)67)70-53-77-82(59(6)56(70)3)91(63-37-23-16-24-38-63)88(12)48-30-27-45-85(77,88)9/h13-24,31-42,49-53H,25-30,43-48H2,1-12H3. The fraction of sp³-hybridized carbons (Fsp3) is 0.341. The van der Waals surface area contributed by atoms with Crippen LogP contribution in [0, 0.1) is 41.5 Å². The van der Waals surface area contributed by atoms with Crippen molar-refractivity contribution < 1.29 is 0 Å². The van der Waals surface area contributed by atoms with Gasteiger partial charge in [0.05, 0.1) is 16.6 Å². The second kappa shape index (κ2) is 19.7. The number of rotatable bonds is 7. The van der Waals surface area contributed by atoms with Crippen molar-refractivity contribution in [2.24, 2.45) is 0 Å². The van der Waals surface area contributed by atoms with Crippen LogP contribution < -0.4 is 14.7 Å². The van der Waals surface area contributed by atoms with E-state index in [1.165, 1.54) is 238 Å². The summed E-state index contributed by atoms with van der Waals surface area (Å²) in [6.07, 6.45) is 14.5. The van der Waals surface area contributed by atoms with Gasteiger partial charge < -0.3 is 14.7 Å². The monoisotopic (exact) mass is 1190 g/mol. The molecule has 3 heterocycles. The zero-order valence-electron chi connectivity index (χ0n) is 56.1. The predicted molar refractivity (Wildman–Crippen MR) is 389 cm³/mol. The van der Waals surface area contributed by atoms with Gasteiger partial charge in [0.1, 0.15) is 0 Å². The third-order valence-corrected chi connectivity index (χ3v) is 26.8. The highest BCUT2D eigenvalue weighted by molar-refractivity contribution is 6.32. The minimum absolute atomic E-state index is 0.0360. The summed E-state index contributed by atoms with van der Waals surface area (Å²) in [6.45, 7) is 30.3. The zero-order valence-corrected chi connectivity index (χ0v) is 56.1. The molecule has 3 aliphatic carbocycles. The Labute approximate surface area is 541 Å². The Hall–Kier alpha value is -8.14. The summed E-state index contributed by atoms with van der Waals surface area (Å²) >= 11 is 0. The van der Waals surface area contributed by atoms with Crippen LogP contribution in [-0.2, 0) is 16.2 Å². The number of para-hydroxylation sites is 3. The molecule has 11 aromatic carbocycles. The SMILES string of the molecule is Cc1c(-c2cc(-c3ccccc3)c3ccc4c(-c5cc6c(c(C)c5C)N(c5ccccc5)C5(C)CCCCC65C)cc(-c5cc6c(c(C)c5C)N(c5ccccc5)C5(C)CCCCC65C)c5ccc2c3c45)cc2c(c1C)N(c1ccccc1)C1(C)CCCCC21C. The average Bonchev–Trinajstić information content (AvgIpc) is 1.59. The largest absolute Gasteiger partial charge is 0.334 e. The van der Waals surface area contributed by atoms with Gasteiger partial charge in [-0.3, -0.25) is 0 Å². The molecule has 3 heteroatoms. The fourth-order valence-electron chi connectivity index (χ4n) is 20.7. The summed E-state index contributed by atoms with van der Waals surface area (Å²) in [7, 11) is 0. The van der Waals surface area contributed by atoms with Gasteiger partial charge in [-0.25, -0.2) is 0 Å². The number of nitrogens with zero attached hydrogens (tertiary/aromatic N) is 3. The minimum atomic E-state index is -0.0693. The first-order chi connectivity index (χ1) is 43.9. The van der Waals surface area contributed by atoms with Gasteiger partial charge in [-0.05, 0) is 294 Å². The molecule has 0 spiro atoms. The summed E-state index contributed by atoms with van der Waals surface area (Å²) in [5.41, 5.74) is 31.4. The van der Waals surface area contributed by atoms with E-state index in [1.54, 1.807) is 0 Å². The first kappa shape index (κ1) is 56.8. The Morgan fingerprint density at radius 1 is 0.264 bits per heavy atom. The molecule has 17 rings (SSSR count). The van der Waals surface area contributed by atoms with Crippen molar-refractivity contribution in [1.82, 2.24) is 0 Å². The van der Waals surface area contributed by atoms with Crippen LogP contribution in [0.2, 0.25) is 0 Å². The lowest BCUT2D eigenvalue weighted by molar-refractivity contribution is 0.195. The molecule has 456 valence electrons. The highest BCUT2D eigenvalue weighted by Gasteiger charge is 2.61. The molecule has 11 aromatic rings. The Morgan fingerprint density at radius 3 is 0.835 bits per heavy atom. The molecule has 0 bridgehead atoms. The van der Waals surface area contributed by atoms with Gasteiger partial charge in [-0.15, -0.1) is 0 Å². The third kappa shape index (κ3) is 7.28. The summed E-state index contributed by atoms with van der Waals surface area (Å²) in [4.78, 5) is 8.37. The Bertz CT molecular complexity index is 4670. The molecule has 0 radical (unpaired) electrons. The van der Waals surface area contributed by atoms with Crippen LogP contribution in [0.4, 0.5) is 34.1 Å². The first-order valence-electron chi connectivity index (χ1n) is 34.7. The van der Waals surface area contributed by atoms with Gasteiger partial charge in [0.25, 0.3) is 0 Å². The summed E-state index contributed by atoms with van der Waals surface area (Å²) in [5, 5.41) is 8.10. The second-order valence-electron chi connectivity index (χ2n) is 30.5. The molecule has 91 heavy (non-hydrogen) atoms. The number of benzene rings is 11. The van der Waals surface area contributed by atoms with E-state index in [1.807, 2.05) is 0 Å². The molecule has 6 aliphatic rings. The van der Waals surface area contributed by atoms with E-state index in [2.05, 4.69) is 274 Å². The van der Waals surface area contributed by atoms with Gasteiger partial charge >= 0.3 is 0 Å². The molecular weight excluding hydrogens is 1100 g/mol. The van der Waals surface area contributed by atoms with Crippen LogP contribution in [0.25, 0.3) is 76.8 Å². The maximum Gasteiger partial charge on any atom is 0.0518 e. The third-order valence-electron chi connectivity index (χ3n) is 26.8. The van der Waals surface area contributed by atoms with Crippen LogP contribution >= 0.6 is 0 Å². The minimum Gasteiger partial charge on any atom is -0.334 e. The van der Waals surface area contributed by atoms with E-state index >= 15 is 0 Å². The van der Waals surface area contributed by atoms with E-state index in [9.17, 15) is 0 Å². The molecule has 6 atom stereocenters. The predicted octanol–water partition coefficient (Wildman–Crippen LogP) is 24.3. The van der Waals surface area contributed by atoms with E-state index in [-0.39, 0.29) is 32.9 Å². The van der Waals surface area contributed by atoms with Crippen molar-refractivity contribution in [2.75, 3.05) is 14.7 Å². The summed E-state index contributed by atoms with van der Waals surface area (Å²) in [6, 6.07) is 69.1. The van der Waals surface area contributed by atoms with Gasteiger partial charge in [-0.2, -0.15) is 0 Å². The maximum absolute atomic E-state index is 2.79. The molecule has 3 nitrogen and oxygen atoms in total. The number of anilines is 6. The first-order valence-corrected chi connectivity index (χ1v) is 34.7. The molecule has 6 unspecified atom stereocenters. The van der Waals surface area contributed by atoms with Gasteiger partial charge in [0.2, 0.25) is 0 Å². The maximum atomic E-state index is 2.79. The number of fused-ring (bicyclic) bond motifs is 9. The topological polar surface area (TPSA) is 9.72 Å². The Balaban J connectivity index is 0.992. The van der Waals surface area contributed by atoms with Crippen LogP contribution in [0.1, 0.15) is 169 Å². The molecule has 3 aliphatic heterocycles. The van der Waals surface area contributed by atoms with Crippen molar-refractivity contribution in [1.29, 1.82) is 0 Å².